The van der Waals surface area contributed by atoms with Crippen molar-refractivity contribution < 1.29 is 23.3 Å². The van der Waals surface area contributed by atoms with Crippen molar-refractivity contribution in [2.75, 3.05) is 24.7 Å². The molecule has 3 heterocycles. The topological polar surface area (TPSA) is 172 Å². The number of para-hydroxylation sites is 1. The van der Waals surface area contributed by atoms with Crippen molar-refractivity contribution in [3.8, 4) is 5.75 Å². The average molecular weight is 563 g/mol. The molecule has 0 aliphatic carbocycles. The number of carbonyl (C=O) groups excluding carboxylic acids is 1. The Bertz CT molecular complexity index is 1350. The van der Waals surface area contributed by atoms with Crippen molar-refractivity contribution in [1.29, 1.82) is 5.41 Å². The SMILES string of the molecule is CNc1nc(N)nc2c1ncn2[C@@H]1O[C@H](CO[P@@](=S)(N[C@H](C)C(=O)OC(C)C)Oc2ccccc2)CC1=N. The lowest BCUT2D eigenvalue weighted by Gasteiger charge is -2.27. The van der Waals surface area contributed by atoms with Gasteiger partial charge in [-0.25, -0.2) is 10.1 Å². The summed E-state index contributed by atoms with van der Waals surface area (Å²) in [6, 6.07) is 8.19. The van der Waals surface area contributed by atoms with Crippen LogP contribution in [0.25, 0.3) is 11.2 Å². The number of nitrogen functional groups attached to an aromatic ring is 1. The van der Waals surface area contributed by atoms with Gasteiger partial charge in [0.1, 0.15) is 11.8 Å². The number of ether oxygens (including phenoxy) is 2. The van der Waals surface area contributed by atoms with Crippen LogP contribution in [-0.2, 0) is 30.6 Å². The summed E-state index contributed by atoms with van der Waals surface area (Å²) in [5, 5.41) is 14.5. The molecule has 0 radical (unpaired) electrons. The molecule has 1 aliphatic rings. The van der Waals surface area contributed by atoms with Crippen molar-refractivity contribution in [2.24, 2.45) is 0 Å². The second-order valence-corrected chi connectivity index (χ2v) is 12.0. The van der Waals surface area contributed by atoms with E-state index in [9.17, 15) is 4.79 Å². The highest BCUT2D eigenvalue weighted by molar-refractivity contribution is 8.09. The number of hydrogen-bond acceptors (Lipinski definition) is 12. The molecule has 5 N–H and O–H groups in total. The summed E-state index contributed by atoms with van der Waals surface area (Å²) in [6.45, 7) is 1.96. The smallest absolute Gasteiger partial charge is 0.323 e. The molecule has 1 fully saturated rings. The standard InChI is InChI=1S/C23H31N8O5PS/c1-13(2)34-22(32)14(3)30-37(38,36-15-8-6-5-7-9-15)33-11-16-10-17(24)21(35-16)31-12-27-18-19(26-4)28-23(25)29-20(18)31/h5-9,12-14,16,21,24H,10-11H2,1-4H3,(H,30,38)(H3,25,26,28,29)/t14-,16+,21-,37+/m1/s1. The minimum absolute atomic E-state index is 0.0213. The summed E-state index contributed by atoms with van der Waals surface area (Å²) in [5.41, 5.74) is 7.11. The number of nitrogens with one attached hydrogen (secondary N) is 3. The highest BCUT2D eigenvalue weighted by Gasteiger charge is 2.36. The minimum atomic E-state index is -3.24. The van der Waals surface area contributed by atoms with E-state index in [1.54, 1.807) is 44.5 Å². The van der Waals surface area contributed by atoms with Crippen LogP contribution in [0.3, 0.4) is 0 Å². The van der Waals surface area contributed by atoms with Gasteiger partial charge in [-0.3, -0.25) is 9.36 Å². The largest absolute Gasteiger partial charge is 0.462 e. The van der Waals surface area contributed by atoms with Gasteiger partial charge in [0.05, 0.1) is 30.9 Å². The highest BCUT2D eigenvalue weighted by Crippen LogP contribution is 2.46. The molecule has 1 saturated heterocycles. The zero-order valence-electron chi connectivity index (χ0n) is 21.5. The molecule has 15 heteroatoms. The van der Waals surface area contributed by atoms with Crippen LogP contribution in [0.1, 0.15) is 33.4 Å². The third-order valence-electron chi connectivity index (χ3n) is 5.45. The first-order chi connectivity index (χ1) is 18.1. The van der Waals surface area contributed by atoms with E-state index in [1.807, 2.05) is 18.2 Å². The lowest BCUT2D eigenvalue weighted by molar-refractivity contribution is -0.149. The number of carbonyl (C=O) groups is 1. The van der Waals surface area contributed by atoms with Crippen molar-refractivity contribution in [2.45, 2.75) is 51.7 Å². The maximum Gasteiger partial charge on any atom is 0.323 e. The quantitative estimate of drug-likeness (QED) is 0.199. The first-order valence-corrected chi connectivity index (χ1v) is 14.6. The third-order valence-corrected chi connectivity index (χ3v) is 7.95. The van der Waals surface area contributed by atoms with Gasteiger partial charge in [-0.05, 0) is 44.7 Å². The molecule has 0 spiro atoms. The lowest BCUT2D eigenvalue weighted by atomic mass is 10.2. The lowest BCUT2D eigenvalue weighted by Crippen LogP contribution is -2.36. The van der Waals surface area contributed by atoms with E-state index in [0.29, 0.717) is 28.4 Å². The van der Waals surface area contributed by atoms with Crippen LogP contribution in [0.4, 0.5) is 11.8 Å². The summed E-state index contributed by atoms with van der Waals surface area (Å²) in [5.74, 6) is 0.574. The summed E-state index contributed by atoms with van der Waals surface area (Å²) in [4.78, 5) is 25.2. The van der Waals surface area contributed by atoms with E-state index in [1.165, 1.54) is 6.33 Å². The molecule has 0 amide bonds. The Labute approximate surface area is 225 Å². The molecule has 3 aromatic rings. The number of esters is 1. The van der Waals surface area contributed by atoms with E-state index in [4.69, 9.17) is 41.5 Å². The molecule has 0 saturated carbocycles. The molecular weight excluding hydrogens is 531 g/mol. The molecule has 1 aliphatic heterocycles. The fourth-order valence-electron chi connectivity index (χ4n) is 3.79. The molecule has 2 aromatic heterocycles. The molecule has 204 valence electrons. The first-order valence-electron chi connectivity index (χ1n) is 12.0. The van der Waals surface area contributed by atoms with Gasteiger partial charge in [-0.15, -0.1) is 0 Å². The van der Waals surface area contributed by atoms with Crippen molar-refractivity contribution in [1.82, 2.24) is 24.6 Å². The van der Waals surface area contributed by atoms with Crippen LogP contribution in [0.5, 0.6) is 5.75 Å². The summed E-state index contributed by atoms with van der Waals surface area (Å²) < 4.78 is 25.2. The van der Waals surface area contributed by atoms with E-state index in [-0.39, 0.29) is 25.1 Å². The van der Waals surface area contributed by atoms with Gasteiger partial charge in [0.25, 0.3) is 0 Å². The highest BCUT2D eigenvalue weighted by atomic mass is 32.5. The second kappa shape index (κ2) is 11.7. The van der Waals surface area contributed by atoms with Crippen LogP contribution < -0.4 is 20.7 Å². The predicted octanol–water partition coefficient (Wildman–Crippen LogP) is 3.01. The molecule has 1 aromatic carbocycles. The van der Waals surface area contributed by atoms with E-state index < -0.39 is 31.0 Å². The predicted molar refractivity (Wildman–Crippen MR) is 147 cm³/mol. The van der Waals surface area contributed by atoms with Crippen LogP contribution >= 0.6 is 6.64 Å². The van der Waals surface area contributed by atoms with Gasteiger partial charge < -0.3 is 35.0 Å². The number of aromatic nitrogens is 4. The Balaban J connectivity index is 1.49. The number of nitrogens with zero attached hydrogens (tertiary/aromatic N) is 4. The van der Waals surface area contributed by atoms with Gasteiger partial charge in [0.15, 0.2) is 23.2 Å². The van der Waals surface area contributed by atoms with Crippen LogP contribution in [-0.4, -0.2) is 63.1 Å². The summed E-state index contributed by atoms with van der Waals surface area (Å²) in [6.07, 6.45) is 0.284. The zero-order valence-corrected chi connectivity index (χ0v) is 23.2. The second-order valence-electron chi connectivity index (χ2n) is 8.88. The molecule has 0 bridgehead atoms. The Morgan fingerprint density at radius 1 is 1.32 bits per heavy atom. The third kappa shape index (κ3) is 6.45. The molecule has 13 nitrogen and oxygen atoms in total. The fourth-order valence-corrected chi connectivity index (χ4v) is 6.22. The van der Waals surface area contributed by atoms with Crippen molar-refractivity contribution in [3.05, 3.63) is 36.7 Å². The first kappa shape index (κ1) is 27.9. The number of imidazole rings is 1. The van der Waals surface area contributed by atoms with Crippen LogP contribution in [0, 0.1) is 5.41 Å². The average Bonchev–Trinajstić information content (AvgIpc) is 3.45. The molecule has 38 heavy (non-hydrogen) atoms. The summed E-state index contributed by atoms with van der Waals surface area (Å²) >= 11 is 5.76. The summed E-state index contributed by atoms with van der Waals surface area (Å²) in [7, 11) is 1.71. The van der Waals surface area contributed by atoms with Gasteiger partial charge in [0, 0.05) is 13.5 Å². The number of anilines is 2. The molecule has 0 unspecified atom stereocenters. The van der Waals surface area contributed by atoms with Gasteiger partial charge in [-0.2, -0.15) is 9.97 Å². The van der Waals surface area contributed by atoms with Gasteiger partial charge in [0.2, 0.25) is 5.95 Å². The Hall–Kier alpha value is -3.16. The van der Waals surface area contributed by atoms with Crippen molar-refractivity contribution in [3.63, 3.8) is 0 Å². The van der Waals surface area contributed by atoms with Gasteiger partial charge in [-0.1, -0.05) is 18.2 Å². The van der Waals surface area contributed by atoms with Crippen LogP contribution in [0.2, 0.25) is 0 Å². The van der Waals surface area contributed by atoms with E-state index in [0.717, 1.165) is 0 Å². The zero-order chi connectivity index (χ0) is 27.4. The number of hydrogen-bond donors (Lipinski definition) is 4. The Morgan fingerprint density at radius 2 is 2.05 bits per heavy atom. The number of benzene rings is 1. The fraction of sp³-hybridized carbons (Fsp3) is 0.435. The molecular formula is C23H31N8O5PS. The van der Waals surface area contributed by atoms with Gasteiger partial charge >= 0.3 is 12.6 Å². The monoisotopic (exact) mass is 562 g/mol. The Morgan fingerprint density at radius 3 is 2.74 bits per heavy atom. The van der Waals surface area contributed by atoms with Crippen molar-refractivity contribution >= 4 is 53.1 Å². The number of fused-ring (bicyclic) bond motifs is 1. The number of nitrogens with two attached hydrogens (primary N) is 1. The normalized spacial score (nSPS) is 19.9. The number of rotatable bonds is 11. The van der Waals surface area contributed by atoms with E-state index in [2.05, 4.69) is 25.4 Å². The minimum Gasteiger partial charge on any atom is -0.462 e. The Kier molecular flexibility index (Phi) is 8.58. The molecule has 4 atom stereocenters. The van der Waals surface area contributed by atoms with Crippen LogP contribution in [0.15, 0.2) is 36.7 Å². The van der Waals surface area contributed by atoms with E-state index >= 15 is 0 Å². The maximum absolute atomic E-state index is 12.4. The molecule has 4 rings (SSSR count). The maximum atomic E-state index is 12.4.